The summed E-state index contributed by atoms with van der Waals surface area (Å²) in [6.07, 6.45) is 9.46. The highest BCUT2D eigenvalue weighted by molar-refractivity contribution is 5.77. The predicted octanol–water partition coefficient (Wildman–Crippen LogP) is 3.01. The fourth-order valence-corrected chi connectivity index (χ4v) is 2.21. The monoisotopic (exact) mass is 211 g/mol. The molecular weight excluding hydrogens is 186 g/mol. The highest BCUT2D eigenvalue weighted by atomic mass is 16.1. The summed E-state index contributed by atoms with van der Waals surface area (Å²) in [7, 11) is 0. The van der Waals surface area contributed by atoms with Crippen LogP contribution in [-0.4, -0.2) is 30.3 Å². The molecular formula is C13H25NO. The van der Waals surface area contributed by atoms with Gasteiger partial charge in [-0.25, -0.2) is 0 Å². The number of likely N-dealkylation sites (tertiary alicyclic amines) is 1. The molecule has 0 aromatic rings. The normalized spacial score (nSPS) is 19.5. The molecule has 1 aliphatic rings. The van der Waals surface area contributed by atoms with Crippen molar-refractivity contribution in [2.75, 3.05) is 19.6 Å². The van der Waals surface area contributed by atoms with Gasteiger partial charge in [0.1, 0.15) is 5.78 Å². The summed E-state index contributed by atoms with van der Waals surface area (Å²) in [6.45, 7) is 5.59. The van der Waals surface area contributed by atoms with Gasteiger partial charge in [-0.1, -0.05) is 26.2 Å². The average molecular weight is 211 g/mol. The van der Waals surface area contributed by atoms with Crippen LogP contribution in [0.4, 0.5) is 0 Å². The van der Waals surface area contributed by atoms with Crippen molar-refractivity contribution < 1.29 is 4.79 Å². The highest BCUT2D eigenvalue weighted by Gasteiger charge is 2.08. The SMILES string of the molecule is CCC(=O)CCCN1CCCCCCC1. The van der Waals surface area contributed by atoms with Crippen molar-refractivity contribution in [1.29, 1.82) is 0 Å². The molecule has 0 amide bonds. The van der Waals surface area contributed by atoms with Gasteiger partial charge in [0.05, 0.1) is 0 Å². The summed E-state index contributed by atoms with van der Waals surface area (Å²) < 4.78 is 0. The number of carbonyl (C=O) groups excluding carboxylic acids is 1. The van der Waals surface area contributed by atoms with E-state index in [1.807, 2.05) is 6.92 Å². The zero-order valence-electron chi connectivity index (χ0n) is 10.1. The maximum Gasteiger partial charge on any atom is 0.132 e. The van der Waals surface area contributed by atoms with Gasteiger partial charge in [-0.15, -0.1) is 0 Å². The van der Waals surface area contributed by atoms with Gasteiger partial charge in [-0.05, 0) is 38.9 Å². The maximum atomic E-state index is 11.2. The quantitative estimate of drug-likeness (QED) is 0.696. The summed E-state index contributed by atoms with van der Waals surface area (Å²) in [6, 6.07) is 0. The number of carbonyl (C=O) groups is 1. The van der Waals surface area contributed by atoms with Crippen LogP contribution in [0.2, 0.25) is 0 Å². The molecule has 1 fully saturated rings. The number of nitrogens with zero attached hydrogens (tertiary/aromatic N) is 1. The molecule has 0 aromatic heterocycles. The smallest absolute Gasteiger partial charge is 0.132 e. The van der Waals surface area contributed by atoms with Crippen molar-refractivity contribution in [1.82, 2.24) is 4.90 Å². The summed E-state index contributed by atoms with van der Waals surface area (Å²) in [4.78, 5) is 13.7. The molecule has 2 nitrogen and oxygen atoms in total. The molecule has 88 valence electrons. The topological polar surface area (TPSA) is 20.3 Å². The Hall–Kier alpha value is -0.370. The lowest BCUT2D eigenvalue weighted by Gasteiger charge is -2.24. The standard InChI is InChI=1S/C13H25NO/c1-2-13(15)9-8-12-14-10-6-4-3-5-7-11-14/h2-12H2,1H3. The third-order valence-electron chi connectivity index (χ3n) is 3.27. The van der Waals surface area contributed by atoms with Crippen LogP contribution >= 0.6 is 0 Å². The van der Waals surface area contributed by atoms with Crippen LogP contribution in [0.15, 0.2) is 0 Å². The number of Topliss-reactive ketones (excluding diaryl/α,β-unsaturated/α-hetero) is 1. The van der Waals surface area contributed by atoms with Crippen molar-refractivity contribution in [3.8, 4) is 0 Å². The van der Waals surface area contributed by atoms with E-state index in [4.69, 9.17) is 0 Å². The third kappa shape index (κ3) is 5.93. The zero-order valence-corrected chi connectivity index (χ0v) is 10.1. The minimum absolute atomic E-state index is 0.419. The lowest BCUT2D eigenvalue weighted by Crippen LogP contribution is -2.28. The molecule has 0 spiro atoms. The van der Waals surface area contributed by atoms with Gasteiger partial charge in [0.25, 0.3) is 0 Å². The van der Waals surface area contributed by atoms with Gasteiger partial charge in [-0.2, -0.15) is 0 Å². The number of hydrogen-bond donors (Lipinski definition) is 0. The Bertz CT molecular complexity index is 171. The van der Waals surface area contributed by atoms with E-state index in [9.17, 15) is 4.79 Å². The molecule has 0 unspecified atom stereocenters. The van der Waals surface area contributed by atoms with Crippen LogP contribution in [0.25, 0.3) is 0 Å². The first-order chi connectivity index (χ1) is 7.33. The maximum absolute atomic E-state index is 11.2. The average Bonchev–Trinajstić information content (AvgIpc) is 2.20. The summed E-state index contributed by atoms with van der Waals surface area (Å²) in [5.41, 5.74) is 0. The predicted molar refractivity (Wildman–Crippen MR) is 64.1 cm³/mol. The molecule has 1 aliphatic heterocycles. The number of ketones is 1. The van der Waals surface area contributed by atoms with Gasteiger partial charge in [0, 0.05) is 12.8 Å². The van der Waals surface area contributed by atoms with E-state index >= 15 is 0 Å². The first-order valence-corrected chi connectivity index (χ1v) is 6.57. The summed E-state index contributed by atoms with van der Waals surface area (Å²) in [5.74, 6) is 0.419. The summed E-state index contributed by atoms with van der Waals surface area (Å²) >= 11 is 0. The molecule has 1 saturated heterocycles. The van der Waals surface area contributed by atoms with E-state index in [-0.39, 0.29) is 0 Å². The van der Waals surface area contributed by atoms with Gasteiger partial charge < -0.3 is 4.90 Å². The Kier molecular flexibility index (Phi) is 6.66. The number of hydrogen-bond acceptors (Lipinski definition) is 2. The lowest BCUT2D eigenvalue weighted by molar-refractivity contribution is -0.118. The fraction of sp³-hybridized carbons (Fsp3) is 0.923. The molecule has 0 bridgehead atoms. The van der Waals surface area contributed by atoms with E-state index in [0.717, 1.165) is 19.4 Å². The largest absolute Gasteiger partial charge is 0.303 e. The van der Waals surface area contributed by atoms with E-state index in [2.05, 4.69) is 4.90 Å². The third-order valence-corrected chi connectivity index (χ3v) is 3.27. The van der Waals surface area contributed by atoms with E-state index in [1.54, 1.807) is 0 Å². The second kappa shape index (κ2) is 7.86. The van der Waals surface area contributed by atoms with Crippen LogP contribution in [-0.2, 0) is 4.79 Å². The number of rotatable bonds is 5. The molecule has 1 heterocycles. The highest BCUT2D eigenvalue weighted by Crippen LogP contribution is 2.11. The van der Waals surface area contributed by atoms with Gasteiger partial charge in [-0.3, -0.25) is 4.79 Å². The molecule has 2 heteroatoms. The Morgan fingerprint density at radius 1 is 1.07 bits per heavy atom. The van der Waals surface area contributed by atoms with Crippen molar-refractivity contribution in [2.45, 2.75) is 58.3 Å². The van der Waals surface area contributed by atoms with Crippen molar-refractivity contribution in [2.24, 2.45) is 0 Å². The molecule has 15 heavy (non-hydrogen) atoms. The molecule has 0 saturated carbocycles. The molecule has 0 aromatic carbocycles. The van der Waals surface area contributed by atoms with E-state index in [1.165, 1.54) is 45.2 Å². The van der Waals surface area contributed by atoms with Crippen LogP contribution in [0.3, 0.4) is 0 Å². The van der Waals surface area contributed by atoms with Crippen molar-refractivity contribution in [3.05, 3.63) is 0 Å². The van der Waals surface area contributed by atoms with Crippen molar-refractivity contribution >= 4 is 5.78 Å². The fourth-order valence-electron chi connectivity index (χ4n) is 2.21. The van der Waals surface area contributed by atoms with Gasteiger partial charge in [0.15, 0.2) is 0 Å². The Balaban J connectivity index is 2.09. The first kappa shape index (κ1) is 12.7. The Labute approximate surface area is 94.0 Å². The molecule has 0 N–H and O–H groups in total. The van der Waals surface area contributed by atoms with Crippen LogP contribution < -0.4 is 0 Å². The first-order valence-electron chi connectivity index (χ1n) is 6.57. The Morgan fingerprint density at radius 2 is 1.67 bits per heavy atom. The molecule has 1 rings (SSSR count). The molecule has 0 atom stereocenters. The van der Waals surface area contributed by atoms with Crippen molar-refractivity contribution in [3.63, 3.8) is 0 Å². The molecule has 0 aliphatic carbocycles. The van der Waals surface area contributed by atoms with E-state index in [0.29, 0.717) is 12.2 Å². The van der Waals surface area contributed by atoms with Gasteiger partial charge in [0.2, 0.25) is 0 Å². The van der Waals surface area contributed by atoms with Gasteiger partial charge >= 0.3 is 0 Å². The second-order valence-corrected chi connectivity index (χ2v) is 4.61. The minimum Gasteiger partial charge on any atom is -0.303 e. The zero-order chi connectivity index (χ0) is 10.9. The van der Waals surface area contributed by atoms with Crippen LogP contribution in [0, 0.1) is 0 Å². The van der Waals surface area contributed by atoms with E-state index < -0.39 is 0 Å². The Morgan fingerprint density at radius 3 is 2.27 bits per heavy atom. The second-order valence-electron chi connectivity index (χ2n) is 4.61. The summed E-state index contributed by atoms with van der Waals surface area (Å²) in [5, 5.41) is 0. The van der Waals surface area contributed by atoms with Crippen LogP contribution in [0.1, 0.15) is 58.3 Å². The molecule has 0 radical (unpaired) electrons. The lowest BCUT2D eigenvalue weighted by atomic mass is 10.1. The van der Waals surface area contributed by atoms with Crippen LogP contribution in [0.5, 0.6) is 0 Å². The minimum atomic E-state index is 0.419.